The third-order valence-electron chi connectivity index (χ3n) is 11.2. The summed E-state index contributed by atoms with van der Waals surface area (Å²) in [4.78, 5) is 4.77. The molecule has 0 spiro atoms. The number of pyridine rings is 1. The molecule has 0 N–H and O–H groups in total. The van der Waals surface area contributed by atoms with E-state index in [0.717, 1.165) is 29.7 Å². The van der Waals surface area contributed by atoms with Gasteiger partial charge in [-0.1, -0.05) is 108 Å². The lowest BCUT2D eigenvalue weighted by Crippen LogP contribution is -2.44. The maximum Gasteiger partial charge on any atom is 0.0811 e. The van der Waals surface area contributed by atoms with Crippen LogP contribution >= 0.6 is 0 Å². The number of rotatable bonds is 3. The van der Waals surface area contributed by atoms with Crippen molar-refractivity contribution in [2.24, 2.45) is 16.2 Å². The van der Waals surface area contributed by atoms with E-state index in [4.69, 9.17) is 28.5 Å². The average Bonchev–Trinajstić information content (AvgIpc) is 3.50. The summed E-state index contributed by atoms with van der Waals surface area (Å²) in [6.45, 7) is 15.7. The van der Waals surface area contributed by atoms with E-state index in [9.17, 15) is 0 Å². The van der Waals surface area contributed by atoms with Crippen molar-refractivity contribution in [1.82, 2.24) is 9.38 Å². The Morgan fingerprint density at radius 3 is 2.02 bits per heavy atom. The number of hydrogen-bond donors (Lipinski definition) is 0. The van der Waals surface area contributed by atoms with Crippen molar-refractivity contribution >= 4 is 72.4 Å². The SMILES string of the molecule is [B]C1(c2ccc3c(c2)c2cccc4c5ccc6ccc(-c7cc(C([B])([B])C(C)(C)C)ccn7)cc6c5n3c24)CC(C)(C)CC(C)(C)C1. The molecule has 4 aromatic carbocycles. The summed E-state index contributed by atoms with van der Waals surface area (Å²) >= 11 is 0. The Labute approximate surface area is 282 Å². The Morgan fingerprint density at radius 2 is 1.32 bits per heavy atom. The fourth-order valence-corrected chi connectivity index (χ4v) is 9.42. The first-order valence-electron chi connectivity index (χ1n) is 17.0. The summed E-state index contributed by atoms with van der Waals surface area (Å²) in [7, 11) is 20.8. The highest BCUT2D eigenvalue weighted by molar-refractivity contribution is 6.40. The van der Waals surface area contributed by atoms with Crippen molar-refractivity contribution in [3.8, 4) is 11.3 Å². The van der Waals surface area contributed by atoms with Crippen LogP contribution in [0.4, 0.5) is 0 Å². The predicted molar refractivity (Wildman–Crippen MR) is 203 cm³/mol. The van der Waals surface area contributed by atoms with E-state index < -0.39 is 5.21 Å². The third-order valence-corrected chi connectivity index (χ3v) is 11.2. The van der Waals surface area contributed by atoms with Gasteiger partial charge in [0.05, 0.1) is 45.8 Å². The zero-order chi connectivity index (χ0) is 33.3. The minimum absolute atomic E-state index is 0.185. The van der Waals surface area contributed by atoms with Gasteiger partial charge >= 0.3 is 0 Å². The Kier molecular flexibility index (Phi) is 6.30. The lowest BCUT2D eigenvalue weighted by atomic mass is 9.41. The first kappa shape index (κ1) is 30.6. The third kappa shape index (κ3) is 4.59. The molecule has 0 aliphatic heterocycles. The Hall–Kier alpha value is -3.72. The lowest BCUT2D eigenvalue weighted by Gasteiger charge is -2.51. The number of para-hydroxylation sites is 1. The lowest BCUT2D eigenvalue weighted by molar-refractivity contribution is 0.0802. The summed E-state index contributed by atoms with van der Waals surface area (Å²) < 4.78 is 2.48. The molecule has 1 aliphatic rings. The number of fused-ring (bicyclic) bond motifs is 8. The molecule has 8 rings (SSSR count). The van der Waals surface area contributed by atoms with Gasteiger partial charge in [-0.15, -0.1) is 0 Å². The van der Waals surface area contributed by atoms with E-state index in [1.165, 1.54) is 60.9 Å². The van der Waals surface area contributed by atoms with Crippen LogP contribution in [0.5, 0.6) is 0 Å². The van der Waals surface area contributed by atoms with Crippen molar-refractivity contribution in [2.45, 2.75) is 78.3 Å². The van der Waals surface area contributed by atoms with E-state index in [1.807, 2.05) is 18.3 Å². The highest BCUT2D eigenvalue weighted by Gasteiger charge is 2.45. The van der Waals surface area contributed by atoms with Crippen molar-refractivity contribution in [3.05, 3.63) is 96.2 Å². The van der Waals surface area contributed by atoms with Gasteiger partial charge in [0.15, 0.2) is 0 Å². The Bertz CT molecular complexity index is 2350. The van der Waals surface area contributed by atoms with Crippen LogP contribution in [0, 0.1) is 16.2 Å². The van der Waals surface area contributed by atoms with Crippen LogP contribution in [0.2, 0.25) is 0 Å². The Balaban J connectivity index is 1.36. The molecule has 3 heterocycles. The molecule has 1 fully saturated rings. The van der Waals surface area contributed by atoms with Crippen LogP contribution in [-0.4, -0.2) is 32.9 Å². The quantitative estimate of drug-likeness (QED) is 0.183. The van der Waals surface area contributed by atoms with E-state index >= 15 is 0 Å². The van der Waals surface area contributed by atoms with Crippen molar-refractivity contribution in [1.29, 1.82) is 0 Å². The maximum atomic E-state index is 7.37. The van der Waals surface area contributed by atoms with Crippen LogP contribution in [0.1, 0.15) is 78.9 Å². The predicted octanol–water partition coefficient (Wildman–Crippen LogP) is 10.2. The highest BCUT2D eigenvalue weighted by Crippen LogP contribution is 2.54. The second kappa shape index (κ2) is 9.68. The molecule has 0 bridgehead atoms. The molecule has 7 aromatic rings. The van der Waals surface area contributed by atoms with Gasteiger partial charge in [-0.05, 0) is 82.1 Å². The van der Waals surface area contributed by atoms with E-state index in [0.29, 0.717) is 0 Å². The first-order valence-corrected chi connectivity index (χ1v) is 17.0. The molecule has 3 aromatic heterocycles. The van der Waals surface area contributed by atoms with Gasteiger partial charge in [0.25, 0.3) is 0 Å². The summed E-state index contributed by atoms with van der Waals surface area (Å²) in [5.74, 6) is 0. The normalized spacial score (nSPS) is 18.2. The molecule has 1 saturated carbocycles. The average molecular weight is 606 g/mol. The van der Waals surface area contributed by atoms with Crippen LogP contribution < -0.4 is 0 Å². The molecular weight excluding hydrogens is 565 g/mol. The summed E-state index contributed by atoms with van der Waals surface area (Å²) in [6, 6.07) is 28.9. The number of aromatic nitrogens is 2. The minimum Gasteiger partial charge on any atom is -0.307 e. The van der Waals surface area contributed by atoms with Gasteiger partial charge in [-0.25, -0.2) is 0 Å². The summed E-state index contributed by atoms with van der Waals surface area (Å²) in [5, 5.41) is 6.09. The van der Waals surface area contributed by atoms with Gasteiger partial charge in [-0.3, -0.25) is 4.98 Å². The smallest absolute Gasteiger partial charge is 0.0811 e. The molecule has 0 amide bonds. The summed E-state index contributed by atoms with van der Waals surface area (Å²) in [5.41, 5.74) is 7.77. The fourth-order valence-electron chi connectivity index (χ4n) is 9.42. The van der Waals surface area contributed by atoms with Crippen LogP contribution in [0.3, 0.4) is 0 Å². The van der Waals surface area contributed by atoms with Crippen molar-refractivity contribution in [3.63, 3.8) is 0 Å². The van der Waals surface area contributed by atoms with Crippen molar-refractivity contribution in [2.75, 3.05) is 0 Å². The van der Waals surface area contributed by atoms with E-state index in [2.05, 4.69) is 120 Å². The van der Waals surface area contributed by atoms with Crippen molar-refractivity contribution < 1.29 is 0 Å². The molecule has 6 radical (unpaired) electrons. The van der Waals surface area contributed by atoms with Gasteiger partial charge in [0, 0.05) is 38.7 Å². The molecular formula is C42H41B3N2. The topological polar surface area (TPSA) is 17.3 Å². The molecule has 1 aliphatic carbocycles. The fraction of sp³-hybridized carbons (Fsp3) is 0.357. The number of hydrogen-bond acceptors (Lipinski definition) is 1. The molecule has 0 saturated heterocycles. The minimum atomic E-state index is -0.996. The van der Waals surface area contributed by atoms with E-state index in [1.54, 1.807) is 0 Å². The van der Waals surface area contributed by atoms with Crippen LogP contribution in [0.25, 0.3) is 60.1 Å². The van der Waals surface area contributed by atoms with Crippen LogP contribution in [-0.2, 0) is 10.5 Å². The second-order valence-electron chi connectivity index (χ2n) is 17.2. The summed E-state index contributed by atoms with van der Waals surface area (Å²) in [6.07, 6.45) is 4.97. The van der Waals surface area contributed by atoms with Gasteiger partial charge in [0.1, 0.15) is 0 Å². The van der Waals surface area contributed by atoms with Gasteiger partial charge < -0.3 is 4.40 Å². The number of nitrogens with zero attached hydrogens (tertiary/aromatic N) is 2. The Morgan fingerprint density at radius 1 is 0.681 bits per heavy atom. The highest BCUT2D eigenvalue weighted by atomic mass is 14.9. The van der Waals surface area contributed by atoms with Crippen LogP contribution in [0.15, 0.2) is 85.1 Å². The molecule has 47 heavy (non-hydrogen) atoms. The monoisotopic (exact) mass is 606 g/mol. The zero-order valence-electron chi connectivity index (χ0n) is 28.8. The molecule has 0 unspecified atom stereocenters. The first-order chi connectivity index (χ1) is 22.0. The largest absolute Gasteiger partial charge is 0.307 e. The molecule has 5 heteroatoms. The molecule has 0 atom stereocenters. The van der Waals surface area contributed by atoms with Gasteiger partial charge in [-0.2, -0.15) is 0 Å². The standard InChI is InChI=1S/C42H41B3N2/c1-38(2,3)42(44,45)28-17-18-46-34(21-28)26-12-11-25-13-15-31-29-9-8-10-30-33-20-27(41(43)23-39(4,5)22-40(6,7)24-41)14-16-35(33)47(36(29)30)37(31)32(25)19-26/h8-21H,22-24H2,1-7H3. The zero-order valence-corrected chi connectivity index (χ0v) is 28.8. The maximum absolute atomic E-state index is 7.37. The molecule has 2 nitrogen and oxygen atoms in total. The molecule has 228 valence electrons. The van der Waals surface area contributed by atoms with E-state index in [-0.39, 0.29) is 21.6 Å². The van der Waals surface area contributed by atoms with Gasteiger partial charge in [0.2, 0.25) is 0 Å². The number of benzene rings is 4. The second-order valence-corrected chi connectivity index (χ2v) is 17.2.